The molecule has 2 rings (SSSR count). The van der Waals surface area contributed by atoms with Gasteiger partial charge in [-0.2, -0.15) is 8.78 Å². The third-order valence-corrected chi connectivity index (χ3v) is 4.38. The maximum Gasteiger partial charge on any atom is 0.341 e. The number of benzene rings is 1. The van der Waals surface area contributed by atoms with E-state index >= 15 is 0 Å². The van der Waals surface area contributed by atoms with E-state index in [9.17, 15) is 17.2 Å². The highest BCUT2D eigenvalue weighted by molar-refractivity contribution is 7.91. The number of aliphatic hydroxyl groups is 1. The molecule has 4 nitrogen and oxygen atoms in total. The van der Waals surface area contributed by atoms with Crippen LogP contribution in [-0.4, -0.2) is 31.4 Å². The van der Waals surface area contributed by atoms with E-state index in [-0.39, 0.29) is 12.1 Å². The minimum Gasteiger partial charge on any atom is -0.394 e. The second-order valence-electron chi connectivity index (χ2n) is 4.39. The first-order valence-corrected chi connectivity index (χ1v) is 6.95. The summed E-state index contributed by atoms with van der Waals surface area (Å²) in [6, 6.07) is 5.12. The van der Waals surface area contributed by atoms with Crippen molar-refractivity contribution >= 4 is 15.5 Å². The quantitative estimate of drug-likeness (QED) is 0.858. The summed E-state index contributed by atoms with van der Waals surface area (Å²) in [5.41, 5.74) is 0.276. The van der Waals surface area contributed by atoms with Crippen LogP contribution in [0.3, 0.4) is 0 Å². The Morgan fingerprint density at radius 2 is 1.83 bits per heavy atom. The zero-order chi connectivity index (χ0) is 13.4. The Kier molecular flexibility index (Phi) is 3.29. The second-order valence-corrected chi connectivity index (χ2v) is 6.31. The van der Waals surface area contributed by atoms with Crippen molar-refractivity contribution in [1.82, 2.24) is 0 Å². The summed E-state index contributed by atoms with van der Waals surface area (Å²) in [6.07, 6.45) is 1.67. The average Bonchev–Trinajstić information content (AvgIpc) is 3.10. The molecule has 100 valence electrons. The molecule has 18 heavy (non-hydrogen) atoms. The second kappa shape index (κ2) is 4.47. The lowest BCUT2D eigenvalue weighted by atomic mass is 10.2. The van der Waals surface area contributed by atoms with Gasteiger partial charge in [0.05, 0.1) is 17.0 Å². The van der Waals surface area contributed by atoms with Gasteiger partial charge < -0.3 is 10.4 Å². The fourth-order valence-electron chi connectivity index (χ4n) is 1.61. The smallest absolute Gasteiger partial charge is 0.341 e. The number of nitrogens with one attached hydrogen (secondary N) is 1. The van der Waals surface area contributed by atoms with Crippen molar-refractivity contribution < 1.29 is 22.3 Å². The van der Waals surface area contributed by atoms with Crippen LogP contribution in [0.1, 0.15) is 12.8 Å². The van der Waals surface area contributed by atoms with Crippen molar-refractivity contribution in [3.63, 3.8) is 0 Å². The lowest BCUT2D eigenvalue weighted by molar-refractivity contribution is 0.234. The molecule has 0 heterocycles. The number of anilines is 1. The van der Waals surface area contributed by atoms with Crippen molar-refractivity contribution in [2.75, 3.05) is 11.9 Å². The van der Waals surface area contributed by atoms with Crippen molar-refractivity contribution in [3.8, 4) is 0 Å². The first-order chi connectivity index (χ1) is 8.39. The largest absolute Gasteiger partial charge is 0.394 e. The van der Waals surface area contributed by atoms with Crippen molar-refractivity contribution in [2.24, 2.45) is 0 Å². The molecule has 0 unspecified atom stereocenters. The van der Waals surface area contributed by atoms with Gasteiger partial charge in [0, 0.05) is 5.69 Å². The molecule has 0 aliphatic heterocycles. The molecule has 7 heteroatoms. The molecule has 0 saturated heterocycles. The Balaban J connectivity index is 2.16. The Morgan fingerprint density at radius 1 is 1.28 bits per heavy atom. The summed E-state index contributed by atoms with van der Waals surface area (Å²) >= 11 is 0. The number of rotatable bonds is 5. The lowest BCUT2D eigenvalue weighted by Gasteiger charge is -2.16. The van der Waals surface area contributed by atoms with E-state index in [2.05, 4.69) is 5.32 Å². The summed E-state index contributed by atoms with van der Waals surface area (Å²) in [4.78, 5) is -0.406. The van der Waals surface area contributed by atoms with Gasteiger partial charge in [0.2, 0.25) is 9.84 Å². The molecule has 0 radical (unpaired) electrons. The highest BCUT2D eigenvalue weighted by Crippen LogP contribution is 2.38. The van der Waals surface area contributed by atoms with Crippen molar-refractivity contribution in [1.29, 1.82) is 0 Å². The molecule has 0 spiro atoms. The third-order valence-electron chi connectivity index (χ3n) is 2.98. The predicted molar refractivity (Wildman–Crippen MR) is 62.3 cm³/mol. The van der Waals surface area contributed by atoms with Gasteiger partial charge in [0.25, 0.3) is 0 Å². The fraction of sp³-hybridized carbons (Fsp3) is 0.455. The number of hydrogen-bond acceptors (Lipinski definition) is 4. The first-order valence-electron chi connectivity index (χ1n) is 5.41. The average molecular weight is 277 g/mol. The normalized spacial score (nSPS) is 17.8. The summed E-state index contributed by atoms with van der Waals surface area (Å²) in [5.74, 6) is -3.41. The summed E-state index contributed by atoms with van der Waals surface area (Å²) in [7, 11) is -4.54. The highest BCUT2D eigenvalue weighted by Gasteiger charge is 2.41. The highest BCUT2D eigenvalue weighted by atomic mass is 32.2. The minimum absolute atomic E-state index is 0.00984. The van der Waals surface area contributed by atoms with E-state index < -0.39 is 20.5 Å². The molecule has 1 fully saturated rings. The van der Waals surface area contributed by atoms with Crippen LogP contribution in [0, 0.1) is 0 Å². The van der Waals surface area contributed by atoms with Crippen LogP contribution in [0.2, 0.25) is 0 Å². The molecule has 1 aliphatic carbocycles. The molecule has 0 bridgehead atoms. The fourth-order valence-corrected chi connectivity index (χ4v) is 2.33. The van der Waals surface area contributed by atoms with E-state index in [4.69, 9.17) is 5.11 Å². The number of hydrogen-bond donors (Lipinski definition) is 2. The van der Waals surface area contributed by atoms with Gasteiger partial charge in [-0.25, -0.2) is 8.42 Å². The Morgan fingerprint density at radius 3 is 2.22 bits per heavy atom. The molecule has 1 aliphatic rings. The van der Waals surface area contributed by atoms with E-state index in [1.54, 1.807) is 0 Å². The van der Waals surface area contributed by atoms with Crippen LogP contribution in [0.4, 0.5) is 14.5 Å². The molecule has 1 aromatic rings. The lowest BCUT2D eigenvalue weighted by Crippen LogP contribution is -2.25. The number of sulfone groups is 1. The van der Waals surface area contributed by atoms with E-state index in [0.717, 1.165) is 25.0 Å². The zero-order valence-corrected chi connectivity index (χ0v) is 10.3. The number of aliphatic hydroxyl groups excluding tert-OH is 1. The Hall–Kier alpha value is -1.21. The summed E-state index contributed by atoms with van der Waals surface area (Å²) in [5, 5.41) is 12.2. The van der Waals surface area contributed by atoms with Crippen LogP contribution in [0.15, 0.2) is 29.2 Å². The molecule has 0 aromatic heterocycles. The van der Waals surface area contributed by atoms with Gasteiger partial charge in [-0.1, -0.05) is 0 Å². The maximum absolute atomic E-state index is 12.3. The first kappa shape index (κ1) is 13.2. The molecular weight excluding hydrogens is 264 g/mol. The van der Waals surface area contributed by atoms with Crippen LogP contribution < -0.4 is 5.32 Å². The predicted octanol–water partition coefficient (Wildman–Crippen LogP) is 1.62. The van der Waals surface area contributed by atoms with E-state index in [1.165, 1.54) is 12.1 Å². The van der Waals surface area contributed by atoms with Crippen LogP contribution in [-0.2, 0) is 9.84 Å². The Labute approximate surface area is 104 Å². The summed E-state index contributed by atoms with van der Waals surface area (Å²) in [6.45, 7) is -0.00984. The monoisotopic (exact) mass is 277 g/mol. The van der Waals surface area contributed by atoms with Crippen LogP contribution in [0.25, 0.3) is 0 Å². The van der Waals surface area contributed by atoms with Gasteiger partial charge in [-0.3, -0.25) is 0 Å². The van der Waals surface area contributed by atoms with E-state index in [0.29, 0.717) is 5.69 Å². The number of halogens is 2. The van der Waals surface area contributed by atoms with Gasteiger partial charge >= 0.3 is 5.76 Å². The SMILES string of the molecule is O=S(=O)(c1ccc(NC2(CO)CC2)cc1)C(F)F. The van der Waals surface area contributed by atoms with E-state index in [1.807, 2.05) is 0 Å². The van der Waals surface area contributed by atoms with Crippen LogP contribution in [0.5, 0.6) is 0 Å². The summed E-state index contributed by atoms with van der Waals surface area (Å²) < 4.78 is 47.0. The molecular formula is C11H13F2NO3S. The minimum atomic E-state index is -4.54. The van der Waals surface area contributed by atoms with Crippen molar-refractivity contribution in [3.05, 3.63) is 24.3 Å². The molecule has 1 saturated carbocycles. The Bertz CT molecular complexity index is 524. The zero-order valence-electron chi connectivity index (χ0n) is 9.44. The van der Waals surface area contributed by atoms with Crippen LogP contribution >= 0.6 is 0 Å². The van der Waals surface area contributed by atoms with Gasteiger partial charge in [-0.15, -0.1) is 0 Å². The number of alkyl halides is 2. The maximum atomic E-state index is 12.3. The van der Waals surface area contributed by atoms with Crippen molar-refractivity contribution in [2.45, 2.75) is 29.0 Å². The standard InChI is InChI=1S/C11H13F2NO3S/c12-10(13)18(16,17)9-3-1-8(2-4-9)14-11(7-15)5-6-11/h1-4,10,14-15H,5-7H2. The third kappa shape index (κ3) is 2.46. The molecule has 1 aromatic carbocycles. The van der Waals surface area contributed by atoms with Gasteiger partial charge in [0.1, 0.15) is 0 Å². The van der Waals surface area contributed by atoms with Gasteiger partial charge in [-0.05, 0) is 37.1 Å². The molecule has 0 atom stereocenters. The molecule has 2 N–H and O–H groups in total. The van der Waals surface area contributed by atoms with Gasteiger partial charge in [0.15, 0.2) is 0 Å². The molecule has 0 amide bonds. The topological polar surface area (TPSA) is 66.4 Å².